The van der Waals surface area contributed by atoms with Gasteiger partial charge in [-0.3, -0.25) is 4.79 Å². The Balaban J connectivity index is 1.82. The maximum absolute atomic E-state index is 12.4. The van der Waals surface area contributed by atoms with Gasteiger partial charge in [0.05, 0.1) is 24.2 Å². The minimum absolute atomic E-state index is 0.0305. The highest BCUT2D eigenvalue weighted by molar-refractivity contribution is 7.20. The lowest BCUT2D eigenvalue weighted by Gasteiger charge is -2.31. The Labute approximate surface area is 115 Å². The molecule has 1 amide bonds. The first-order valence-electron chi connectivity index (χ1n) is 6.28. The van der Waals surface area contributed by atoms with Gasteiger partial charge in [0.1, 0.15) is 0 Å². The molecule has 1 aromatic heterocycles. The van der Waals surface area contributed by atoms with Crippen molar-refractivity contribution >= 4 is 27.3 Å². The van der Waals surface area contributed by atoms with Crippen LogP contribution in [0.5, 0.6) is 0 Å². The molecule has 1 unspecified atom stereocenters. The zero-order valence-corrected chi connectivity index (χ0v) is 11.2. The summed E-state index contributed by atoms with van der Waals surface area (Å²) in [7, 11) is 0. The molecule has 5 heteroatoms. The van der Waals surface area contributed by atoms with E-state index in [-0.39, 0.29) is 18.6 Å². The van der Waals surface area contributed by atoms with E-state index in [0.29, 0.717) is 19.7 Å². The topological polar surface area (TPSA) is 49.8 Å². The van der Waals surface area contributed by atoms with Crippen molar-refractivity contribution in [2.45, 2.75) is 6.10 Å². The number of fused-ring (bicyclic) bond motifs is 1. The summed E-state index contributed by atoms with van der Waals surface area (Å²) in [5.74, 6) is 0.0305. The van der Waals surface area contributed by atoms with Gasteiger partial charge >= 0.3 is 0 Å². The molecule has 1 fully saturated rings. The van der Waals surface area contributed by atoms with Crippen LogP contribution >= 0.6 is 11.3 Å². The number of carbonyl (C=O) groups is 1. The highest BCUT2D eigenvalue weighted by Crippen LogP contribution is 2.26. The van der Waals surface area contributed by atoms with Crippen LogP contribution < -0.4 is 0 Å². The normalized spacial score (nSPS) is 19.8. The fourth-order valence-corrected chi connectivity index (χ4v) is 3.29. The molecule has 1 aliphatic rings. The Morgan fingerprint density at radius 2 is 2.32 bits per heavy atom. The standard InChI is InChI=1S/C14H15NO3S/c16-9-11-8-15(5-6-18-11)14(17)13-7-10-3-1-2-4-12(10)19-13/h1-4,7,11,16H,5-6,8-9H2. The van der Waals surface area contributed by atoms with E-state index in [0.717, 1.165) is 15.0 Å². The zero-order chi connectivity index (χ0) is 13.2. The van der Waals surface area contributed by atoms with E-state index in [1.807, 2.05) is 30.3 Å². The number of hydrogen-bond donors (Lipinski definition) is 1. The third-order valence-electron chi connectivity index (χ3n) is 3.27. The molecule has 1 N–H and O–H groups in total. The molecule has 3 rings (SSSR count). The second kappa shape index (κ2) is 5.28. The highest BCUT2D eigenvalue weighted by Gasteiger charge is 2.25. The Morgan fingerprint density at radius 3 is 3.11 bits per heavy atom. The predicted octanol–water partition coefficient (Wildman–Crippen LogP) is 1.73. The van der Waals surface area contributed by atoms with E-state index in [2.05, 4.69) is 0 Å². The van der Waals surface area contributed by atoms with Crippen LogP contribution in [0, 0.1) is 0 Å². The molecule has 0 spiro atoms. The molecule has 4 nitrogen and oxygen atoms in total. The van der Waals surface area contributed by atoms with Crippen LogP contribution in [0.15, 0.2) is 30.3 Å². The monoisotopic (exact) mass is 277 g/mol. The number of aliphatic hydroxyl groups excluding tert-OH is 1. The molecule has 0 radical (unpaired) electrons. The summed E-state index contributed by atoms with van der Waals surface area (Å²) >= 11 is 1.51. The van der Waals surface area contributed by atoms with E-state index >= 15 is 0 Å². The number of aliphatic hydroxyl groups is 1. The Hall–Kier alpha value is -1.43. The number of carbonyl (C=O) groups excluding carboxylic acids is 1. The summed E-state index contributed by atoms with van der Waals surface area (Å²) in [5.41, 5.74) is 0. The second-order valence-electron chi connectivity index (χ2n) is 4.58. The van der Waals surface area contributed by atoms with E-state index in [9.17, 15) is 4.79 Å². The van der Waals surface area contributed by atoms with Crippen molar-refractivity contribution in [2.24, 2.45) is 0 Å². The van der Waals surface area contributed by atoms with Gasteiger partial charge in [0.2, 0.25) is 0 Å². The van der Waals surface area contributed by atoms with Crippen molar-refractivity contribution < 1.29 is 14.6 Å². The average molecular weight is 277 g/mol. The summed E-state index contributed by atoms with van der Waals surface area (Å²) < 4.78 is 6.48. The first-order chi connectivity index (χ1) is 9.28. The van der Waals surface area contributed by atoms with Crippen molar-refractivity contribution in [1.82, 2.24) is 4.90 Å². The molecular formula is C14H15NO3S. The van der Waals surface area contributed by atoms with Gasteiger partial charge in [0, 0.05) is 17.8 Å². The van der Waals surface area contributed by atoms with E-state index in [4.69, 9.17) is 9.84 Å². The van der Waals surface area contributed by atoms with Crippen LogP contribution in [0.4, 0.5) is 0 Å². The lowest BCUT2D eigenvalue weighted by Crippen LogP contribution is -2.46. The van der Waals surface area contributed by atoms with Gasteiger partial charge in [-0.1, -0.05) is 18.2 Å². The van der Waals surface area contributed by atoms with Crippen LogP contribution in [0.2, 0.25) is 0 Å². The zero-order valence-electron chi connectivity index (χ0n) is 10.4. The van der Waals surface area contributed by atoms with Crippen molar-refractivity contribution in [3.05, 3.63) is 35.2 Å². The van der Waals surface area contributed by atoms with Crippen LogP contribution in [-0.4, -0.2) is 48.3 Å². The number of benzene rings is 1. The van der Waals surface area contributed by atoms with Crippen LogP contribution in [-0.2, 0) is 4.74 Å². The van der Waals surface area contributed by atoms with Crippen LogP contribution in [0.1, 0.15) is 9.67 Å². The van der Waals surface area contributed by atoms with Crippen molar-refractivity contribution in [3.63, 3.8) is 0 Å². The maximum atomic E-state index is 12.4. The molecule has 0 saturated carbocycles. The molecule has 0 aliphatic carbocycles. The smallest absolute Gasteiger partial charge is 0.264 e. The minimum atomic E-state index is -0.257. The molecule has 2 aromatic rings. The van der Waals surface area contributed by atoms with Gasteiger partial charge in [-0.15, -0.1) is 11.3 Å². The van der Waals surface area contributed by atoms with Crippen LogP contribution in [0.25, 0.3) is 10.1 Å². The lowest BCUT2D eigenvalue weighted by molar-refractivity contribution is -0.0446. The van der Waals surface area contributed by atoms with Crippen molar-refractivity contribution in [1.29, 1.82) is 0 Å². The summed E-state index contributed by atoms with van der Waals surface area (Å²) in [5, 5.41) is 10.2. The number of amides is 1. The largest absolute Gasteiger partial charge is 0.394 e. The van der Waals surface area contributed by atoms with E-state index < -0.39 is 0 Å². The van der Waals surface area contributed by atoms with Gasteiger partial charge in [-0.2, -0.15) is 0 Å². The lowest BCUT2D eigenvalue weighted by atomic mass is 10.2. The molecule has 2 heterocycles. The summed E-state index contributed by atoms with van der Waals surface area (Å²) in [6, 6.07) is 9.92. The third-order valence-corrected chi connectivity index (χ3v) is 4.37. The molecule has 1 aromatic carbocycles. The first kappa shape index (κ1) is 12.6. The number of rotatable bonds is 2. The fraction of sp³-hybridized carbons (Fsp3) is 0.357. The number of thiophene rings is 1. The van der Waals surface area contributed by atoms with Gasteiger partial charge < -0.3 is 14.7 Å². The number of nitrogens with zero attached hydrogens (tertiary/aromatic N) is 1. The predicted molar refractivity (Wildman–Crippen MR) is 74.6 cm³/mol. The first-order valence-corrected chi connectivity index (χ1v) is 7.10. The number of ether oxygens (including phenoxy) is 1. The van der Waals surface area contributed by atoms with Crippen molar-refractivity contribution in [2.75, 3.05) is 26.3 Å². The Kier molecular flexibility index (Phi) is 3.50. The fourth-order valence-electron chi connectivity index (χ4n) is 2.26. The third kappa shape index (κ3) is 2.49. The van der Waals surface area contributed by atoms with E-state index in [1.54, 1.807) is 4.90 Å². The summed E-state index contributed by atoms with van der Waals surface area (Å²) in [6.45, 7) is 1.49. The van der Waals surface area contributed by atoms with E-state index in [1.165, 1.54) is 11.3 Å². The molecule has 1 saturated heterocycles. The van der Waals surface area contributed by atoms with Crippen LogP contribution in [0.3, 0.4) is 0 Å². The number of morpholine rings is 1. The Morgan fingerprint density at radius 1 is 1.47 bits per heavy atom. The SMILES string of the molecule is O=C(c1cc2ccccc2s1)N1CCOC(CO)C1. The quantitative estimate of drug-likeness (QED) is 0.909. The second-order valence-corrected chi connectivity index (χ2v) is 5.66. The average Bonchev–Trinajstić information content (AvgIpc) is 2.90. The van der Waals surface area contributed by atoms with Gasteiger partial charge in [0.15, 0.2) is 0 Å². The molecule has 19 heavy (non-hydrogen) atoms. The number of hydrogen-bond acceptors (Lipinski definition) is 4. The maximum Gasteiger partial charge on any atom is 0.264 e. The van der Waals surface area contributed by atoms with Gasteiger partial charge in [-0.05, 0) is 17.5 Å². The molecular weight excluding hydrogens is 262 g/mol. The molecule has 100 valence electrons. The Bertz CT molecular complexity index is 562. The molecule has 0 bridgehead atoms. The van der Waals surface area contributed by atoms with Gasteiger partial charge in [-0.25, -0.2) is 0 Å². The summed E-state index contributed by atoms with van der Waals surface area (Å²) in [6.07, 6.45) is -0.257. The van der Waals surface area contributed by atoms with Gasteiger partial charge in [0.25, 0.3) is 5.91 Å². The molecule has 1 atom stereocenters. The van der Waals surface area contributed by atoms with Crippen molar-refractivity contribution in [3.8, 4) is 0 Å². The highest BCUT2D eigenvalue weighted by atomic mass is 32.1. The molecule has 1 aliphatic heterocycles. The summed E-state index contributed by atoms with van der Waals surface area (Å²) in [4.78, 5) is 14.9. The minimum Gasteiger partial charge on any atom is -0.394 e.